The summed E-state index contributed by atoms with van der Waals surface area (Å²) < 4.78 is 38.2. The minimum atomic E-state index is -4.48. The minimum absolute atomic E-state index is 0.156. The van der Waals surface area contributed by atoms with E-state index < -0.39 is 17.8 Å². The Morgan fingerprint density at radius 2 is 2.26 bits per heavy atom. The summed E-state index contributed by atoms with van der Waals surface area (Å²) in [5.74, 6) is -0.257. The average molecular weight is 275 g/mol. The van der Waals surface area contributed by atoms with Crippen LogP contribution in [0, 0.1) is 0 Å². The lowest BCUT2D eigenvalue weighted by Gasteiger charge is -2.17. The lowest BCUT2D eigenvalue weighted by molar-refractivity contribution is -0.137. The van der Waals surface area contributed by atoms with Crippen LogP contribution in [0.4, 0.5) is 23.8 Å². The molecule has 1 aliphatic rings. The predicted octanol–water partition coefficient (Wildman–Crippen LogP) is 2.26. The van der Waals surface area contributed by atoms with E-state index >= 15 is 0 Å². The van der Waals surface area contributed by atoms with Gasteiger partial charge in [0.1, 0.15) is 5.82 Å². The molecule has 2 rings (SSSR count). The first-order valence-electron chi connectivity index (χ1n) is 5.64. The molecule has 0 saturated carbocycles. The second-order valence-corrected chi connectivity index (χ2v) is 4.26. The Balaban J connectivity index is 2.11. The summed E-state index contributed by atoms with van der Waals surface area (Å²) in [6.07, 6.45) is -3.83. The fourth-order valence-corrected chi connectivity index (χ4v) is 1.99. The van der Waals surface area contributed by atoms with Crippen LogP contribution in [0.3, 0.4) is 0 Å². The Hall–Kier alpha value is -1.99. The zero-order chi connectivity index (χ0) is 14.0. The summed E-state index contributed by atoms with van der Waals surface area (Å²) in [4.78, 5) is 15.6. The number of carbonyl (C=O) groups is 1. The molecule has 1 atom stereocenters. The van der Waals surface area contributed by atoms with Crippen molar-refractivity contribution in [3.8, 4) is 0 Å². The molecule has 5 nitrogen and oxygen atoms in total. The van der Waals surface area contributed by atoms with Crippen molar-refractivity contribution >= 4 is 11.9 Å². The number of halogens is 3. The molecule has 2 heterocycles. The fourth-order valence-electron chi connectivity index (χ4n) is 1.99. The van der Waals surface area contributed by atoms with E-state index in [1.807, 2.05) is 0 Å². The van der Waals surface area contributed by atoms with Crippen molar-refractivity contribution < 1.29 is 23.1 Å². The molecule has 0 aromatic carbocycles. The van der Waals surface area contributed by atoms with Crippen LogP contribution in [0.2, 0.25) is 0 Å². The van der Waals surface area contributed by atoms with E-state index in [1.165, 1.54) is 12.3 Å². The smallest absolute Gasteiger partial charge is 0.419 e. The number of amides is 1. The van der Waals surface area contributed by atoms with Crippen LogP contribution >= 0.6 is 0 Å². The van der Waals surface area contributed by atoms with E-state index in [0.717, 1.165) is 11.0 Å². The number of nitrogens with one attached hydrogen (secondary N) is 1. The van der Waals surface area contributed by atoms with Gasteiger partial charge in [0.2, 0.25) is 0 Å². The number of alkyl halides is 3. The number of aromatic nitrogens is 1. The van der Waals surface area contributed by atoms with Gasteiger partial charge < -0.3 is 15.3 Å². The molecule has 0 radical (unpaired) electrons. The van der Waals surface area contributed by atoms with Crippen molar-refractivity contribution in [2.45, 2.75) is 18.6 Å². The largest absolute Gasteiger partial charge is 0.465 e. The highest BCUT2D eigenvalue weighted by molar-refractivity contribution is 5.65. The second-order valence-electron chi connectivity index (χ2n) is 4.26. The van der Waals surface area contributed by atoms with Crippen LogP contribution in [0.5, 0.6) is 0 Å². The minimum Gasteiger partial charge on any atom is -0.465 e. The van der Waals surface area contributed by atoms with Crippen LogP contribution in [0.1, 0.15) is 12.0 Å². The molecule has 2 N–H and O–H groups in total. The average Bonchev–Trinajstić information content (AvgIpc) is 2.77. The molecule has 1 amide bonds. The van der Waals surface area contributed by atoms with Gasteiger partial charge in [-0.3, -0.25) is 0 Å². The Morgan fingerprint density at radius 1 is 1.53 bits per heavy atom. The van der Waals surface area contributed by atoms with Crippen LogP contribution < -0.4 is 5.32 Å². The molecule has 104 valence electrons. The van der Waals surface area contributed by atoms with Gasteiger partial charge in [0, 0.05) is 25.3 Å². The summed E-state index contributed by atoms with van der Waals surface area (Å²) in [5, 5.41) is 11.4. The third kappa shape index (κ3) is 3.07. The number of rotatable bonds is 2. The molecular formula is C11H12F3N3O2. The van der Waals surface area contributed by atoms with E-state index in [2.05, 4.69) is 10.3 Å². The van der Waals surface area contributed by atoms with E-state index in [4.69, 9.17) is 5.11 Å². The van der Waals surface area contributed by atoms with Crippen molar-refractivity contribution in [2.24, 2.45) is 0 Å². The maximum absolute atomic E-state index is 12.7. The number of hydrogen-bond donors (Lipinski definition) is 2. The monoisotopic (exact) mass is 275 g/mol. The molecule has 1 aliphatic heterocycles. The lowest BCUT2D eigenvalue weighted by Crippen LogP contribution is -2.30. The van der Waals surface area contributed by atoms with Gasteiger partial charge in [-0.15, -0.1) is 0 Å². The molecule has 1 aromatic heterocycles. The maximum Gasteiger partial charge on any atom is 0.419 e. The highest BCUT2D eigenvalue weighted by Gasteiger charge is 2.35. The molecule has 19 heavy (non-hydrogen) atoms. The zero-order valence-electron chi connectivity index (χ0n) is 9.81. The SMILES string of the molecule is O=C(O)N1CCC(Nc2ncccc2C(F)(F)F)C1. The van der Waals surface area contributed by atoms with Crippen molar-refractivity contribution in [1.82, 2.24) is 9.88 Å². The first kappa shape index (κ1) is 13.4. The molecule has 1 saturated heterocycles. The van der Waals surface area contributed by atoms with Crippen LogP contribution in [0.15, 0.2) is 18.3 Å². The third-order valence-electron chi connectivity index (χ3n) is 2.91. The molecule has 0 aliphatic carbocycles. The van der Waals surface area contributed by atoms with Gasteiger partial charge in [0.15, 0.2) is 0 Å². The van der Waals surface area contributed by atoms with Crippen LogP contribution in [-0.2, 0) is 6.18 Å². The Bertz CT molecular complexity index is 478. The summed E-state index contributed by atoms with van der Waals surface area (Å²) >= 11 is 0. The maximum atomic E-state index is 12.7. The number of likely N-dealkylation sites (tertiary alicyclic amines) is 1. The number of carboxylic acid groups (broad SMARTS) is 1. The van der Waals surface area contributed by atoms with Gasteiger partial charge in [-0.25, -0.2) is 9.78 Å². The normalized spacial score (nSPS) is 19.5. The molecule has 1 unspecified atom stereocenters. The van der Waals surface area contributed by atoms with Gasteiger partial charge in [-0.1, -0.05) is 0 Å². The molecule has 0 bridgehead atoms. The van der Waals surface area contributed by atoms with Gasteiger partial charge >= 0.3 is 12.3 Å². The molecule has 8 heteroatoms. The summed E-state index contributed by atoms with van der Waals surface area (Å²) in [6, 6.07) is 1.80. The van der Waals surface area contributed by atoms with Crippen LogP contribution in [0.25, 0.3) is 0 Å². The number of hydrogen-bond acceptors (Lipinski definition) is 3. The lowest BCUT2D eigenvalue weighted by atomic mass is 10.2. The van der Waals surface area contributed by atoms with Crippen molar-refractivity contribution in [1.29, 1.82) is 0 Å². The molecular weight excluding hydrogens is 263 g/mol. The molecule has 0 spiro atoms. The van der Waals surface area contributed by atoms with Crippen molar-refractivity contribution in [2.75, 3.05) is 18.4 Å². The van der Waals surface area contributed by atoms with Gasteiger partial charge in [0.25, 0.3) is 0 Å². The number of nitrogens with zero attached hydrogens (tertiary/aromatic N) is 2. The first-order chi connectivity index (χ1) is 8.88. The Morgan fingerprint density at radius 3 is 2.84 bits per heavy atom. The van der Waals surface area contributed by atoms with Gasteiger partial charge in [0.05, 0.1) is 5.56 Å². The molecule has 1 fully saturated rings. The van der Waals surface area contributed by atoms with E-state index in [1.54, 1.807) is 0 Å². The highest BCUT2D eigenvalue weighted by Crippen LogP contribution is 2.34. The van der Waals surface area contributed by atoms with E-state index in [-0.39, 0.29) is 18.4 Å². The van der Waals surface area contributed by atoms with Crippen molar-refractivity contribution in [3.63, 3.8) is 0 Å². The van der Waals surface area contributed by atoms with E-state index in [9.17, 15) is 18.0 Å². The predicted molar refractivity (Wildman–Crippen MR) is 60.9 cm³/mol. The summed E-state index contributed by atoms with van der Waals surface area (Å²) in [5.41, 5.74) is -0.844. The summed E-state index contributed by atoms with van der Waals surface area (Å²) in [6.45, 7) is 0.463. The van der Waals surface area contributed by atoms with Gasteiger partial charge in [-0.2, -0.15) is 13.2 Å². The number of pyridine rings is 1. The van der Waals surface area contributed by atoms with E-state index in [0.29, 0.717) is 13.0 Å². The van der Waals surface area contributed by atoms with Crippen molar-refractivity contribution in [3.05, 3.63) is 23.9 Å². The first-order valence-corrected chi connectivity index (χ1v) is 5.64. The number of anilines is 1. The zero-order valence-corrected chi connectivity index (χ0v) is 9.81. The standard InChI is InChI=1S/C11H12F3N3O2/c12-11(13,14)8-2-1-4-15-9(8)16-7-3-5-17(6-7)10(18)19/h1-2,4,7H,3,5-6H2,(H,15,16)(H,18,19). The molecule has 1 aromatic rings. The summed E-state index contributed by atoms with van der Waals surface area (Å²) in [7, 11) is 0. The Labute approximate surface area is 107 Å². The quantitative estimate of drug-likeness (QED) is 0.869. The van der Waals surface area contributed by atoms with Gasteiger partial charge in [-0.05, 0) is 18.6 Å². The third-order valence-corrected chi connectivity index (χ3v) is 2.91. The topological polar surface area (TPSA) is 65.5 Å². The fraction of sp³-hybridized carbons (Fsp3) is 0.455. The second kappa shape index (κ2) is 4.94. The Kier molecular flexibility index (Phi) is 3.50. The van der Waals surface area contributed by atoms with Crippen LogP contribution in [-0.4, -0.2) is 40.2 Å². The highest BCUT2D eigenvalue weighted by atomic mass is 19.4.